The van der Waals surface area contributed by atoms with Crippen molar-refractivity contribution in [3.8, 4) is 11.5 Å². The summed E-state index contributed by atoms with van der Waals surface area (Å²) in [4.78, 5) is 8.04. The van der Waals surface area contributed by atoms with Crippen LogP contribution in [0.25, 0.3) is 0 Å². The van der Waals surface area contributed by atoms with E-state index in [-0.39, 0.29) is 0 Å². The summed E-state index contributed by atoms with van der Waals surface area (Å²) < 4.78 is 11.0. The first-order valence-corrected chi connectivity index (χ1v) is 5.69. The molecule has 0 amide bonds. The summed E-state index contributed by atoms with van der Waals surface area (Å²) in [6.07, 6.45) is 3.78. The maximum Gasteiger partial charge on any atom is 0.167 e. The van der Waals surface area contributed by atoms with Crippen molar-refractivity contribution >= 4 is 0 Å². The van der Waals surface area contributed by atoms with Crippen molar-refractivity contribution in [2.75, 3.05) is 13.2 Å². The van der Waals surface area contributed by atoms with Crippen LogP contribution in [-0.2, 0) is 0 Å². The maximum absolute atomic E-state index is 10.3. The minimum Gasteiger partial charge on any atom is -0.486 e. The van der Waals surface area contributed by atoms with E-state index in [2.05, 4.69) is 9.97 Å². The van der Waals surface area contributed by atoms with Crippen LogP contribution in [0.4, 0.5) is 0 Å². The fraction of sp³-hybridized carbons (Fsp3) is 0.231. The summed E-state index contributed by atoms with van der Waals surface area (Å²) in [6, 6.07) is 5.44. The summed E-state index contributed by atoms with van der Waals surface area (Å²) in [6.45, 7) is 1.01. The first-order chi connectivity index (χ1) is 8.86. The molecule has 1 aromatic carbocycles. The van der Waals surface area contributed by atoms with Crippen LogP contribution >= 0.6 is 0 Å². The molecule has 1 aromatic heterocycles. The zero-order valence-electron chi connectivity index (χ0n) is 9.61. The van der Waals surface area contributed by atoms with Gasteiger partial charge >= 0.3 is 0 Å². The van der Waals surface area contributed by atoms with Gasteiger partial charge in [-0.25, -0.2) is 0 Å². The first kappa shape index (κ1) is 11.0. The van der Waals surface area contributed by atoms with Gasteiger partial charge in [-0.1, -0.05) is 12.1 Å². The number of benzene rings is 1. The lowest BCUT2D eigenvalue weighted by Gasteiger charge is -2.22. The van der Waals surface area contributed by atoms with Gasteiger partial charge in [0.05, 0.1) is 11.9 Å². The molecule has 0 aliphatic carbocycles. The Morgan fingerprint density at radius 1 is 1.17 bits per heavy atom. The van der Waals surface area contributed by atoms with Gasteiger partial charge in [0, 0.05) is 18.0 Å². The highest BCUT2D eigenvalue weighted by Gasteiger charge is 2.22. The highest BCUT2D eigenvalue weighted by Crippen LogP contribution is 2.38. The van der Waals surface area contributed by atoms with Gasteiger partial charge in [0.2, 0.25) is 0 Å². The van der Waals surface area contributed by atoms with Crippen LogP contribution in [-0.4, -0.2) is 28.3 Å². The third-order valence-electron chi connectivity index (χ3n) is 2.75. The number of para-hydroxylation sites is 1. The van der Waals surface area contributed by atoms with Gasteiger partial charge in [-0.3, -0.25) is 9.97 Å². The molecule has 0 fully saturated rings. The van der Waals surface area contributed by atoms with Gasteiger partial charge < -0.3 is 14.6 Å². The number of aromatic nitrogens is 2. The van der Waals surface area contributed by atoms with E-state index in [9.17, 15) is 5.11 Å². The summed E-state index contributed by atoms with van der Waals surface area (Å²) in [5.74, 6) is 1.24. The standard InChI is InChI=1S/C13H12N2O3/c16-12(10-8-14-4-5-15-10)9-2-1-3-11-13(9)18-7-6-17-11/h1-5,8,12,16H,6-7H2. The third kappa shape index (κ3) is 1.89. The van der Waals surface area contributed by atoms with E-state index in [1.54, 1.807) is 18.5 Å². The molecule has 0 saturated heterocycles. The molecule has 0 bridgehead atoms. The van der Waals surface area contributed by atoms with E-state index in [1.807, 2.05) is 12.1 Å². The Kier molecular flexibility index (Phi) is 2.82. The summed E-state index contributed by atoms with van der Waals surface area (Å²) >= 11 is 0. The predicted octanol–water partition coefficient (Wildman–Crippen LogP) is 1.33. The normalized spacial score (nSPS) is 15.2. The number of ether oxygens (including phenoxy) is 2. The van der Waals surface area contributed by atoms with E-state index < -0.39 is 6.10 Å². The molecule has 18 heavy (non-hydrogen) atoms. The van der Waals surface area contributed by atoms with E-state index in [0.29, 0.717) is 36.0 Å². The van der Waals surface area contributed by atoms with Crippen molar-refractivity contribution in [2.24, 2.45) is 0 Å². The topological polar surface area (TPSA) is 64.5 Å². The molecule has 5 nitrogen and oxygen atoms in total. The number of nitrogens with zero attached hydrogens (tertiary/aromatic N) is 2. The van der Waals surface area contributed by atoms with Crippen LogP contribution in [0.5, 0.6) is 11.5 Å². The molecule has 1 aliphatic rings. The largest absolute Gasteiger partial charge is 0.486 e. The average Bonchev–Trinajstić information content (AvgIpc) is 2.47. The fourth-order valence-electron chi connectivity index (χ4n) is 1.92. The van der Waals surface area contributed by atoms with Crippen LogP contribution in [0.15, 0.2) is 36.8 Å². The highest BCUT2D eigenvalue weighted by molar-refractivity contribution is 5.49. The smallest absolute Gasteiger partial charge is 0.167 e. The summed E-state index contributed by atoms with van der Waals surface area (Å²) in [5, 5.41) is 10.3. The van der Waals surface area contributed by atoms with Gasteiger partial charge in [0.15, 0.2) is 11.5 Å². The van der Waals surface area contributed by atoms with Crippen molar-refractivity contribution in [1.29, 1.82) is 0 Å². The molecule has 5 heteroatoms. The monoisotopic (exact) mass is 244 g/mol. The lowest BCUT2D eigenvalue weighted by molar-refractivity contribution is 0.157. The molecule has 0 spiro atoms. The minimum absolute atomic E-state index is 0.483. The summed E-state index contributed by atoms with van der Waals surface area (Å²) in [5.41, 5.74) is 1.13. The Hall–Kier alpha value is -2.14. The molecule has 3 rings (SSSR count). The molecular formula is C13H12N2O3. The molecule has 1 atom stereocenters. The number of aliphatic hydroxyl groups excluding tert-OH is 1. The van der Waals surface area contributed by atoms with Crippen LogP contribution in [0.3, 0.4) is 0 Å². The van der Waals surface area contributed by atoms with E-state index in [4.69, 9.17) is 9.47 Å². The second-order valence-electron chi connectivity index (χ2n) is 3.90. The Labute approximate surface area is 104 Å². The summed E-state index contributed by atoms with van der Waals surface area (Å²) in [7, 11) is 0. The predicted molar refractivity (Wildman–Crippen MR) is 63.5 cm³/mol. The van der Waals surface area contributed by atoms with Gasteiger partial charge in [0.1, 0.15) is 19.3 Å². The van der Waals surface area contributed by atoms with Gasteiger partial charge in [-0.15, -0.1) is 0 Å². The van der Waals surface area contributed by atoms with Gasteiger partial charge in [0.25, 0.3) is 0 Å². The van der Waals surface area contributed by atoms with Crippen molar-refractivity contribution < 1.29 is 14.6 Å². The number of hydrogen-bond acceptors (Lipinski definition) is 5. The van der Waals surface area contributed by atoms with E-state index in [1.165, 1.54) is 6.20 Å². The van der Waals surface area contributed by atoms with Crippen LogP contribution in [0, 0.1) is 0 Å². The number of aliphatic hydroxyl groups is 1. The molecular weight excluding hydrogens is 232 g/mol. The van der Waals surface area contributed by atoms with Crippen molar-refractivity contribution in [1.82, 2.24) is 9.97 Å². The first-order valence-electron chi connectivity index (χ1n) is 5.69. The second-order valence-corrected chi connectivity index (χ2v) is 3.90. The number of rotatable bonds is 2. The number of hydrogen-bond donors (Lipinski definition) is 1. The molecule has 1 aliphatic heterocycles. The van der Waals surface area contributed by atoms with Crippen molar-refractivity contribution in [2.45, 2.75) is 6.10 Å². The minimum atomic E-state index is -0.865. The van der Waals surface area contributed by atoms with Crippen LogP contribution in [0.1, 0.15) is 17.4 Å². The lowest BCUT2D eigenvalue weighted by atomic mass is 10.0. The Morgan fingerprint density at radius 3 is 2.89 bits per heavy atom. The van der Waals surface area contributed by atoms with Crippen LogP contribution < -0.4 is 9.47 Å². The Morgan fingerprint density at radius 2 is 2.06 bits per heavy atom. The maximum atomic E-state index is 10.3. The zero-order valence-corrected chi connectivity index (χ0v) is 9.61. The lowest BCUT2D eigenvalue weighted by Crippen LogP contribution is -2.17. The quantitative estimate of drug-likeness (QED) is 0.863. The number of fused-ring (bicyclic) bond motifs is 1. The van der Waals surface area contributed by atoms with Crippen molar-refractivity contribution in [3.63, 3.8) is 0 Å². The molecule has 2 heterocycles. The average molecular weight is 244 g/mol. The molecule has 1 unspecified atom stereocenters. The van der Waals surface area contributed by atoms with Crippen LogP contribution in [0.2, 0.25) is 0 Å². The SMILES string of the molecule is OC(c1cnccn1)c1cccc2c1OCCO2. The third-order valence-corrected chi connectivity index (χ3v) is 2.75. The molecule has 92 valence electrons. The molecule has 1 N–H and O–H groups in total. The Bertz CT molecular complexity index is 545. The molecule has 0 radical (unpaired) electrons. The second kappa shape index (κ2) is 4.62. The zero-order chi connectivity index (χ0) is 12.4. The van der Waals surface area contributed by atoms with Crippen molar-refractivity contribution in [3.05, 3.63) is 48.0 Å². The van der Waals surface area contributed by atoms with Gasteiger partial charge in [-0.2, -0.15) is 0 Å². The van der Waals surface area contributed by atoms with E-state index >= 15 is 0 Å². The fourth-order valence-corrected chi connectivity index (χ4v) is 1.92. The van der Waals surface area contributed by atoms with E-state index in [0.717, 1.165) is 0 Å². The Balaban J connectivity index is 2.02. The van der Waals surface area contributed by atoms with Gasteiger partial charge in [-0.05, 0) is 6.07 Å². The molecule has 2 aromatic rings. The highest BCUT2D eigenvalue weighted by atomic mass is 16.6. The molecule has 0 saturated carbocycles.